The number of halogens is 1. The first kappa shape index (κ1) is 19.2. The van der Waals surface area contributed by atoms with Crippen molar-refractivity contribution in [1.29, 1.82) is 0 Å². The number of anilines is 1. The van der Waals surface area contributed by atoms with Crippen molar-refractivity contribution in [3.63, 3.8) is 0 Å². The molecule has 1 fully saturated rings. The lowest BCUT2D eigenvalue weighted by Crippen LogP contribution is -2.16. The van der Waals surface area contributed by atoms with Crippen molar-refractivity contribution in [3.05, 3.63) is 88.4 Å². The van der Waals surface area contributed by atoms with Gasteiger partial charge in [-0.05, 0) is 59.2 Å². The first-order chi connectivity index (χ1) is 14.0. The highest BCUT2D eigenvalue weighted by Gasteiger charge is 2.23. The molecule has 5 heteroatoms. The molecular weight excluding hydrogens is 386 g/mol. The van der Waals surface area contributed by atoms with Gasteiger partial charge in [0.15, 0.2) is 0 Å². The zero-order valence-corrected chi connectivity index (χ0v) is 16.4. The Kier molecular flexibility index (Phi) is 5.36. The van der Waals surface area contributed by atoms with Gasteiger partial charge in [-0.1, -0.05) is 60.1 Å². The molecule has 3 aromatic rings. The summed E-state index contributed by atoms with van der Waals surface area (Å²) in [6.07, 6.45) is 2.73. The minimum absolute atomic E-state index is 0.00717. The van der Waals surface area contributed by atoms with E-state index in [4.69, 9.17) is 11.6 Å². The van der Waals surface area contributed by atoms with Crippen LogP contribution in [0.15, 0.2) is 66.7 Å². The Morgan fingerprint density at radius 2 is 1.55 bits per heavy atom. The van der Waals surface area contributed by atoms with Gasteiger partial charge in [0, 0.05) is 5.02 Å². The number of aromatic carboxylic acids is 1. The summed E-state index contributed by atoms with van der Waals surface area (Å²) in [7, 11) is 0. The van der Waals surface area contributed by atoms with E-state index in [9.17, 15) is 14.7 Å². The van der Waals surface area contributed by atoms with E-state index in [-0.39, 0.29) is 23.6 Å². The molecule has 3 aromatic carbocycles. The Bertz CT molecular complexity index is 1050. The van der Waals surface area contributed by atoms with Crippen LogP contribution < -0.4 is 5.32 Å². The number of hydrogen-bond donors (Lipinski definition) is 2. The number of rotatable bonds is 6. The largest absolute Gasteiger partial charge is 0.478 e. The molecular formula is C24H20ClNO3. The summed E-state index contributed by atoms with van der Waals surface area (Å²) in [5.41, 5.74) is 4.70. The topological polar surface area (TPSA) is 66.4 Å². The average molecular weight is 406 g/mol. The fourth-order valence-corrected chi connectivity index (χ4v) is 3.54. The van der Waals surface area contributed by atoms with E-state index in [2.05, 4.69) is 29.6 Å². The Labute approximate surface area is 174 Å². The molecule has 0 spiro atoms. The zero-order valence-electron chi connectivity index (χ0n) is 15.7. The van der Waals surface area contributed by atoms with Gasteiger partial charge in [-0.3, -0.25) is 4.79 Å². The highest BCUT2D eigenvalue weighted by atomic mass is 35.5. The summed E-state index contributed by atoms with van der Waals surface area (Å²) in [6, 6.07) is 20.8. The second kappa shape index (κ2) is 8.10. The molecule has 4 rings (SSSR count). The van der Waals surface area contributed by atoms with Crippen molar-refractivity contribution in [2.24, 2.45) is 0 Å². The van der Waals surface area contributed by atoms with Gasteiger partial charge in [-0.25, -0.2) is 4.79 Å². The maximum absolute atomic E-state index is 12.4. The maximum atomic E-state index is 12.4. The van der Waals surface area contributed by atoms with E-state index < -0.39 is 5.97 Å². The minimum atomic E-state index is -1.12. The molecule has 146 valence electrons. The van der Waals surface area contributed by atoms with Crippen molar-refractivity contribution in [2.45, 2.75) is 25.2 Å². The van der Waals surface area contributed by atoms with E-state index in [0.717, 1.165) is 22.6 Å². The van der Waals surface area contributed by atoms with Gasteiger partial charge in [0.2, 0.25) is 5.91 Å². The van der Waals surface area contributed by atoms with Crippen molar-refractivity contribution >= 4 is 29.2 Å². The van der Waals surface area contributed by atoms with E-state index in [1.54, 1.807) is 0 Å². The van der Waals surface area contributed by atoms with Crippen molar-refractivity contribution in [2.75, 3.05) is 5.32 Å². The van der Waals surface area contributed by atoms with E-state index >= 15 is 0 Å². The molecule has 1 aliphatic rings. The number of benzene rings is 3. The lowest BCUT2D eigenvalue weighted by Gasteiger charge is -2.10. The van der Waals surface area contributed by atoms with Crippen LogP contribution in [0.5, 0.6) is 0 Å². The Morgan fingerprint density at radius 1 is 0.931 bits per heavy atom. The number of hydrogen-bond acceptors (Lipinski definition) is 2. The number of nitrogens with one attached hydrogen (secondary N) is 1. The number of amides is 1. The number of carbonyl (C=O) groups is 2. The molecule has 1 saturated carbocycles. The molecule has 0 aliphatic heterocycles. The predicted molar refractivity (Wildman–Crippen MR) is 115 cm³/mol. The van der Waals surface area contributed by atoms with Crippen molar-refractivity contribution in [3.8, 4) is 11.1 Å². The first-order valence-electron chi connectivity index (χ1n) is 9.51. The SMILES string of the molecule is O=C(Cc1ccc(-c2ccc(C3CC3)cc2)cc1)Nc1cc(Cl)ccc1C(=O)O. The molecule has 0 unspecified atom stereocenters. The van der Waals surface area contributed by atoms with Gasteiger partial charge in [-0.15, -0.1) is 0 Å². The van der Waals surface area contributed by atoms with Crippen LogP contribution in [0.25, 0.3) is 11.1 Å². The maximum Gasteiger partial charge on any atom is 0.337 e. The van der Waals surface area contributed by atoms with Crippen LogP contribution in [0.1, 0.15) is 40.2 Å². The highest BCUT2D eigenvalue weighted by Crippen LogP contribution is 2.40. The summed E-state index contributed by atoms with van der Waals surface area (Å²) in [6.45, 7) is 0. The molecule has 29 heavy (non-hydrogen) atoms. The van der Waals surface area contributed by atoms with Crippen LogP contribution in [0.4, 0.5) is 5.69 Å². The number of carboxylic acids is 1. The molecule has 1 aliphatic carbocycles. The molecule has 1 amide bonds. The van der Waals surface area contributed by atoms with Crippen LogP contribution in [-0.4, -0.2) is 17.0 Å². The smallest absolute Gasteiger partial charge is 0.337 e. The van der Waals surface area contributed by atoms with Crippen molar-refractivity contribution in [1.82, 2.24) is 0 Å². The van der Waals surface area contributed by atoms with E-state index in [1.165, 1.54) is 36.6 Å². The van der Waals surface area contributed by atoms with Crippen LogP contribution in [-0.2, 0) is 11.2 Å². The lowest BCUT2D eigenvalue weighted by molar-refractivity contribution is -0.115. The summed E-state index contributed by atoms with van der Waals surface area (Å²) in [5.74, 6) is -0.670. The molecule has 0 atom stereocenters. The standard InChI is InChI=1S/C24H20ClNO3/c25-20-11-12-21(24(28)29)22(14-20)26-23(27)13-15-1-3-16(4-2-15)17-5-7-18(8-6-17)19-9-10-19/h1-8,11-12,14,19H,9-10,13H2,(H,26,27)(H,28,29). The number of carboxylic acid groups (broad SMARTS) is 1. The summed E-state index contributed by atoms with van der Waals surface area (Å²) >= 11 is 5.93. The zero-order chi connectivity index (χ0) is 20.4. The fraction of sp³-hybridized carbons (Fsp3) is 0.167. The minimum Gasteiger partial charge on any atom is -0.478 e. The Morgan fingerprint density at radius 3 is 2.14 bits per heavy atom. The third-order valence-corrected chi connectivity index (χ3v) is 5.33. The predicted octanol–water partition coefficient (Wildman–Crippen LogP) is 5.76. The summed E-state index contributed by atoms with van der Waals surface area (Å²) in [4.78, 5) is 23.7. The average Bonchev–Trinajstić information content (AvgIpc) is 3.54. The molecule has 0 aromatic heterocycles. The third-order valence-electron chi connectivity index (χ3n) is 5.10. The van der Waals surface area contributed by atoms with Crippen LogP contribution in [0.2, 0.25) is 5.02 Å². The Balaban J connectivity index is 1.43. The lowest BCUT2D eigenvalue weighted by atomic mass is 10.0. The van der Waals surface area contributed by atoms with Gasteiger partial charge in [0.1, 0.15) is 0 Å². The number of carbonyl (C=O) groups excluding carboxylic acids is 1. The molecule has 0 bridgehead atoms. The van der Waals surface area contributed by atoms with Gasteiger partial charge in [0.25, 0.3) is 0 Å². The second-order valence-corrected chi connectivity index (χ2v) is 7.75. The monoisotopic (exact) mass is 405 g/mol. The Hall–Kier alpha value is -3.11. The second-order valence-electron chi connectivity index (χ2n) is 7.31. The quantitative estimate of drug-likeness (QED) is 0.547. The molecule has 4 nitrogen and oxygen atoms in total. The van der Waals surface area contributed by atoms with Gasteiger partial charge in [0.05, 0.1) is 17.7 Å². The molecule has 0 radical (unpaired) electrons. The summed E-state index contributed by atoms with van der Waals surface area (Å²) < 4.78 is 0. The van der Waals surface area contributed by atoms with Crippen LogP contribution >= 0.6 is 11.6 Å². The van der Waals surface area contributed by atoms with Gasteiger partial charge >= 0.3 is 5.97 Å². The molecule has 0 heterocycles. The highest BCUT2D eigenvalue weighted by molar-refractivity contribution is 6.31. The van der Waals surface area contributed by atoms with E-state index in [0.29, 0.717) is 5.02 Å². The molecule has 0 saturated heterocycles. The molecule has 2 N–H and O–H groups in total. The first-order valence-corrected chi connectivity index (χ1v) is 9.89. The van der Waals surface area contributed by atoms with Gasteiger partial charge < -0.3 is 10.4 Å². The van der Waals surface area contributed by atoms with Crippen LogP contribution in [0.3, 0.4) is 0 Å². The van der Waals surface area contributed by atoms with Crippen molar-refractivity contribution < 1.29 is 14.7 Å². The summed E-state index contributed by atoms with van der Waals surface area (Å²) in [5, 5.41) is 12.3. The van der Waals surface area contributed by atoms with Gasteiger partial charge in [-0.2, -0.15) is 0 Å². The van der Waals surface area contributed by atoms with E-state index in [1.807, 2.05) is 24.3 Å². The fourth-order valence-electron chi connectivity index (χ4n) is 3.37. The normalized spacial score (nSPS) is 13.1. The van der Waals surface area contributed by atoms with Crippen LogP contribution in [0, 0.1) is 0 Å². The third kappa shape index (κ3) is 4.66.